The summed E-state index contributed by atoms with van der Waals surface area (Å²) in [5.41, 5.74) is 0.843. The Labute approximate surface area is 188 Å². The fourth-order valence-corrected chi connectivity index (χ4v) is 5.45. The highest BCUT2D eigenvalue weighted by atomic mass is 32.2. The number of benzene rings is 2. The molecule has 0 unspecified atom stereocenters. The number of piperidine rings is 1. The highest BCUT2D eigenvalue weighted by Crippen LogP contribution is 2.35. The molecule has 2 amide bonds. The molecule has 2 aromatic rings. The van der Waals surface area contributed by atoms with Gasteiger partial charge in [0.1, 0.15) is 5.75 Å². The Morgan fingerprint density at radius 1 is 0.935 bits per heavy atom. The van der Waals surface area contributed by atoms with E-state index in [1.54, 1.807) is 4.90 Å². The smallest absolute Gasteiger partial charge is 0.260 e. The lowest BCUT2D eigenvalue weighted by Gasteiger charge is -2.31. The second kappa shape index (κ2) is 10.7. The van der Waals surface area contributed by atoms with Gasteiger partial charge < -0.3 is 15.0 Å². The zero-order valence-corrected chi connectivity index (χ0v) is 18.6. The summed E-state index contributed by atoms with van der Waals surface area (Å²) >= 11 is 1.95. The van der Waals surface area contributed by atoms with Gasteiger partial charge in [0.05, 0.1) is 0 Å². The van der Waals surface area contributed by atoms with Gasteiger partial charge in [-0.1, -0.05) is 31.0 Å². The average molecular weight is 439 g/mol. The van der Waals surface area contributed by atoms with Crippen LogP contribution in [0.1, 0.15) is 38.5 Å². The van der Waals surface area contributed by atoms with Crippen LogP contribution in [0.2, 0.25) is 0 Å². The molecule has 0 bridgehead atoms. The zero-order valence-electron chi connectivity index (χ0n) is 17.8. The number of carbonyl (C=O) groups is 2. The number of para-hydroxylation sites is 1. The predicted octanol–water partition coefficient (Wildman–Crippen LogP) is 4.98. The molecule has 164 valence electrons. The molecular formula is C25H30N2O3S. The summed E-state index contributed by atoms with van der Waals surface area (Å²) in [4.78, 5) is 28.1. The van der Waals surface area contributed by atoms with E-state index in [-0.39, 0.29) is 24.3 Å². The second-order valence-corrected chi connectivity index (χ2v) is 9.67. The van der Waals surface area contributed by atoms with Crippen molar-refractivity contribution >= 4 is 29.3 Å². The van der Waals surface area contributed by atoms with Gasteiger partial charge in [0.15, 0.2) is 6.61 Å². The van der Waals surface area contributed by atoms with Crippen LogP contribution in [0.25, 0.3) is 0 Å². The number of thioether (sulfide) groups is 1. The minimum absolute atomic E-state index is 0.0296. The van der Waals surface area contributed by atoms with Gasteiger partial charge in [0, 0.05) is 34.8 Å². The SMILES string of the molecule is O=C(Nc1ccc(SC2CCCC2)cc1)C1CCN(C(=O)COc2ccccc2)CC1. The molecular weight excluding hydrogens is 408 g/mol. The van der Waals surface area contributed by atoms with Crippen LogP contribution in [0.15, 0.2) is 59.5 Å². The summed E-state index contributed by atoms with van der Waals surface area (Å²) in [5, 5.41) is 3.79. The zero-order chi connectivity index (χ0) is 21.5. The molecule has 6 heteroatoms. The molecule has 0 aromatic heterocycles. The van der Waals surface area contributed by atoms with Gasteiger partial charge in [0.25, 0.3) is 5.91 Å². The van der Waals surface area contributed by atoms with Crippen molar-refractivity contribution < 1.29 is 14.3 Å². The molecule has 1 N–H and O–H groups in total. The Hall–Kier alpha value is -2.47. The van der Waals surface area contributed by atoms with Gasteiger partial charge in [0.2, 0.25) is 5.91 Å². The maximum Gasteiger partial charge on any atom is 0.260 e. The first-order valence-corrected chi connectivity index (χ1v) is 12.1. The van der Waals surface area contributed by atoms with Gasteiger partial charge in [-0.3, -0.25) is 9.59 Å². The van der Waals surface area contributed by atoms with Crippen molar-refractivity contribution in [2.24, 2.45) is 5.92 Å². The van der Waals surface area contributed by atoms with E-state index >= 15 is 0 Å². The van der Waals surface area contributed by atoms with E-state index in [9.17, 15) is 9.59 Å². The summed E-state index contributed by atoms with van der Waals surface area (Å²) in [6.07, 6.45) is 6.66. The van der Waals surface area contributed by atoms with Gasteiger partial charge >= 0.3 is 0 Å². The third kappa shape index (κ3) is 6.26. The number of nitrogens with one attached hydrogen (secondary N) is 1. The lowest BCUT2D eigenvalue weighted by molar-refractivity contribution is -0.136. The third-order valence-corrected chi connectivity index (χ3v) is 7.40. The molecule has 2 aliphatic rings. The third-order valence-electron chi connectivity index (χ3n) is 6.05. The lowest BCUT2D eigenvalue weighted by Crippen LogP contribution is -2.43. The van der Waals surface area contributed by atoms with Crippen molar-refractivity contribution in [2.75, 3.05) is 25.0 Å². The van der Waals surface area contributed by atoms with Gasteiger partial charge in [-0.2, -0.15) is 0 Å². The van der Waals surface area contributed by atoms with E-state index in [0.717, 1.165) is 10.9 Å². The molecule has 1 heterocycles. The Morgan fingerprint density at radius 2 is 1.61 bits per heavy atom. The summed E-state index contributed by atoms with van der Waals surface area (Å²) < 4.78 is 5.55. The van der Waals surface area contributed by atoms with Crippen LogP contribution < -0.4 is 10.1 Å². The number of hydrogen-bond acceptors (Lipinski definition) is 4. The largest absolute Gasteiger partial charge is 0.484 e. The average Bonchev–Trinajstić information content (AvgIpc) is 3.32. The van der Waals surface area contributed by atoms with Crippen LogP contribution in [0, 0.1) is 5.92 Å². The number of nitrogens with zero attached hydrogens (tertiary/aromatic N) is 1. The van der Waals surface area contributed by atoms with E-state index in [0.29, 0.717) is 31.7 Å². The Bertz CT molecular complexity index is 858. The molecule has 0 radical (unpaired) electrons. The quantitative estimate of drug-likeness (QED) is 0.663. The normalized spacial score (nSPS) is 17.5. The number of likely N-dealkylation sites (tertiary alicyclic amines) is 1. The number of hydrogen-bond donors (Lipinski definition) is 1. The van der Waals surface area contributed by atoms with E-state index in [2.05, 4.69) is 17.4 Å². The van der Waals surface area contributed by atoms with Gasteiger partial charge in [-0.15, -0.1) is 11.8 Å². The van der Waals surface area contributed by atoms with Crippen LogP contribution >= 0.6 is 11.8 Å². The molecule has 31 heavy (non-hydrogen) atoms. The number of ether oxygens (including phenoxy) is 1. The molecule has 0 spiro atoms. The first-order valence-electron chi connectivity index (χ1n) is 11.2. The van der Waals surface area contributed by atoms with E-state index in [1.165, 1.54) is 30.6 Å². The minimum atomic E-state index is -0.0633. The number of rotatable bonds is 7. The monoisotopic (exact) mass is 438 g/mol. The van der Waals surface area contributed by atoms with Gasteiger partial charge in [-0.25, -0.2) is 0 Å². The second-order valence-electron chi connectivity index (χ2n) is 8.29. The van der Waals surface area contributed by atoms with Crippen molar-refractivity contribution in [2.45, 2.75) is 48.7 Å². The Morgan fingerprint density at radius 3 is 2.29 bits per heavy atom. The summed E-state index contributed by atoms with van der Waals surface area (Å²) in [6.45, 7) is 1.21. The van der Waals surface area contributed by atoms with Crippen molar-refractivity contribution in [1.82, 2.24) is 4.90 Å². The van der Waals surface area contributed by atoms with E-state index < -0.39 is 0 Å². The minimum Gasteiger partial charge on any atom is -0.484 e. The predicted molar refractivity (Wildman–Crippen MR) is 124 cm³/mol. The topological polar surface area (TPSA) is 58.6 Å². The molecule has 1 saturated heterocycles. The molecule has 1 aliphatic carbocycles. The number of carbonyl (C=O) groups excluding carboxylic acids is 2. The first kappa shape index (κ1) is 21.8. The maximum absolute atomic E-state index is 12.7. The molecule has 5 nitrogen and oxygen atoms in total. The fraction of sp³-hybridized carbons (Fsp3) is 0.440. The van der Waals surface area contributed by atoms with Crippen molar-refractivity contribution in [3.05, 3.63) is 54.6 Å². The summed E-state index contributed by atoms with van der Waals surface area (Å²) in [7, 11) is 0. The van der Waals surface area contributed by atoms with E-state index in [4.69, 9.17) is 4.74 Å². The first-order chi connectivity index (χ1) is 15.2. The highest BCUT2D eigenvalue weighted by molar-refractivity contribution is 8.00. The number of anilines is 1. The molecule has 4 rings (SSSR count). The van der Waals surface area contributed by atoms with Crippen LogP contribution in [-0.2, 0) is 9.59 Å². The highest BCUT2D eigenvalue weighted by Gasteiger charge is 2.27. The van der Waals surface area contributed by atoms with Crippen LogP contribution in [0.3, 0.4) is 0 Å². The van der Waals surface area contributed by atoms with E-state index in [1.807, 2.05) is 54.2 Å². The Kier molecular flexibility index (Phi) is 7.52. The molecule has 1 saturated carbocycles. The van der Waals surface area contributed by atoms with Crippen LogP contribution in [-0.4, -0.2) is 41.7 Å². The number of amides is 2. The Balaban J connectivity index is 1.19. The van der Waals surface area contributed by atoms with Crippen molar-refractivity contribution in [1.29, 1.82) is 0 Å². The van der Waals surface area contributed by atoms with Gasteiger partial charge in [-0.05, 0) is 62.1 Å². The summed E-state index contributed by atoms with van der Waals surface area (Å²) in [5.74, 6) is 0.645. The van der Waals surface area contributed by atoms with Crippen LogP contribution in [0.5, 0.6) is 5.75 Å². The maximum atomic E-state index is 12.7. The standard InChI is InChI=1S/C25H30N2O3S/c28-24(18-30-21-6-2-1-3-7-21)27-16-14-19(15-17-27)25(29)26-20-10-12-23(13-11-20)31-22-8-4-5-9-22/h1-3,6-7,10-13,19,22H,4-5,8-9,14-18H2,(H,26,29). The molecule has 1 aliphatic heterocycles. The molecule has 2 aromatic carbocycles. The summed E-state index contributed by atoms with van der Waals surface area (Å²) in [6, 6.07) is 17.5. The molecule has 2 fully saturated rings. The van der Waals surface area contributed by atoms with Crippen molar-refractivity contribution in [3.8, 4) is 5.75 Å². The lowest BCUT2D eigenvalue weighted by atomic mass is 9.95. The van der Waals surface area contributed by atoms with Crippen LogP contribution in [0.4, 0.5) is 5.69 Å². The van der Waals surface area contributed by atoms with Crippen molar-refractivity contribution in [3.63, 3.8) is 0 Å². The molecule has 0 atom stereocenters. The fourth-order valence-electron chi connectivity index (χ4n) is 4.20.